The van der Waals surface area contributed by atoms with Gasteiger partial charge < -0.3 is 10.1 Å². The zero-order chi connectivity index (χ0) is 18.4. The predicted molar refractivity (Wildman–Crippen MR) is 105 cm³/mol. The standard InChI is InChI=1S/C22H20ClNO2/c1-16-7-5-6-10-18(16)14-24-22(25)20-13-19(23)11-12-21(20)26-15-17-8-3-2-4-9-17/h2-13H,14-15H2,1H3,(H,24,25). The summed E-state index contributed by atoms with van der Waals surface area (Å²) < 4.78 is 5.86. The van der Waals surface area contributed by atoms with Crippen molar-refractivity contribution < 1.29 is 9.53 Å². The Bertz CT molecular complexity index is 894. The third-order valence-corrected chi connectivity index (χ3v) is 4.36. The molecule has 0 spiro atoms. The molecule has 0 aliphatic carbocycles. The number of nitrogens with one attached hydrogen (secondary N) is 1. The van der Waals surface area contributed by atoms with E-state index in [1.165, 1.54) is 0 Å². The normalized spacial score (nSPS) is 10.4. The molecule has 0 heterocycles. The third kappa shape index (κ3) is 4.64. The van der Waals surface area contributed by atoms with Crippen molar-refractivity contribution in [3.8, 4) is 5.75 Å². The molecule has 3 aromatic rings. The molecule has 3 rings (SSSR count). The van der Waals surface area contributed by atoms with Crippen LogP contribution in [-0.4, -0.2) is 5.91 Å². The zero-order valence-electron chi connectivity index (χ0n) is 14.5. The SMILES string of the molecule is Cc1ccccc1CNC(=O)c1cc(Cl)ccc1OCc1ccccc1. The van der Waals surface area contributed by atoms with Crippen molar-refractivity contribution in [2.45, 2.75) is 20.1 Å². The number of carbonyl (C=O) groups is 1. The average molecular weight is 366 g/mol. The molecular weight excluding hydrogens is 346 g/mol. The van der Waals surface area contributed by atoms with E-state index in [4.69, 9.17) is 16.3 Å². The van der Waals surface area contributed by atoms with Gasteiger partial charge in [0.05, 0.1) is 5.56 Å². The van der Waals surface area contributed by atoms with Crippen molar-refractivity contribution in [2.75, 3.05) is 0 Å². The van der Waals surface area contributed by atoms with E-state index in [0.29, 0.717) is 29.5 Å². The van der Waals surface area contributed by atoms with Gasteiger partial charge >= 0.3 is 0 Å². The molecule has 0 fully saturated rings. The van der Waals surface area contributed by atoms with Gasteiger partial charge in [0.25, 0.3) is 5.91 Å². The van der Waals surface area contributed by atoms with Crippen LogP contribution in [-0.2, 0) is 13.2 Å². The van der Waals surface area contributed by atoms with Gasteiger partial charge in [-0.05, 0) is 41.8 Å². The van der Waals surface area contributed by atoms with E-state index in [9.17, 15) is 4.79 Å². The van der Waals surface area contributed by atoms with Gasteiger partial charge in [-0.25, -0.2) is 0 Å². The lowest BCUT2D eigenvalue weighted by molar-refractivity contribution is 0.0946. The molecule has 3 nitrogen and oxygen atoms in total. The second-order valence-electron chi connectivity index (χ2n) is 6.02. The van der Waals surface area contributed by atoms with Crippen LogP contribution in [0.15, 0.2) is 72.8 Å². The van der Waals surface area contributed by atoms with Crippen LogP contribution in [0.3, 0.4) is 0 Å². The molecule has 0 atom stereocenters. The van der Waals surface area contributed by atoms with Crippen molar-refractivity contribution in [3.05, 3.63) is 100 Å². The molecule has 1 N–H and O–H groups in total. The van der Waals surface area contributed by atoms with Gasteiger partial charge in [0.15, 0.2) is 0 Å². The quantitative estimate of drug-likeness (QED) is 0.655. The molecule has 0 aliphatic heterocycles. The summed E-state index contributed by atoms with van der Waals surface area (Å²) in [5.74, 6) is 0.305. The van der Waals surface area contributed by atoms with E-state index in [2.05, 4.69) is 5.32 Å². The first-order valence-electron chi connectivity index (χ1n) is 8.42. The summed E-state index contributed by atoms with van der Waals surface area (Å²) >= 11 is 6.08. The summed E-state index contributed by atoms with van der Waals surface area (Å²) in [6.45, 7) is 2.87. The van der Waals surface area contributed by atoms with E-state index in [1.54, 1.807) is 18.2 Å². The fourth-order valence-corrected chi connectivity index (χ4v) is 2.79. The topological polar surface area (TPSA) is 38.3 Å². The maximum Gasteiger partial charge on any atom is 0.255 e. The van der Waals surface area contributed by atoms with Gasteiger partial charge in [-0.15, -0.1) is 0 Å². The van der Waals surface area contributed by atoms with Crippen LogP contribution < -0.4 is 10.1 Å². The van der Waals surface area contributed by atoms with Crippen LogP contribution >= 0.6 is 11.6 Å². The summed E-state index contributed by atoms with van der Waals surface area (Å²) in [4.78, 5) is 12.7. The molecule has 0 aliphatic rings. The van der Waals surface area contributed by atoms with E-state index in [1.807, 2.05) is 61.5 Å². The summed E-state index contributed by atoms with van der Waals surface area (Å²) in [6, 6.07) is 22.9. The van der Waals surface area contributed by atoms with Crippen molar-refractivity contribution in [3.63, 3.8) is 0 Å². The number of hydrogen-bond donors (Lipinski definition) is 1. The van der Waals surface area contributed by atoms with Gasteiger partial charge in [0.1, 0.15) is 12.4 Å². The maximum atomic E-state index is 12.7. The van der Waals surface area contributed by atoms with Crippen molar-refractivity contribution >= 4 is 17.5 Å². The first kappa shape index (κ1) is 18.0. The highest BCUT2D eigenvalue weighted by atomic mass is 35.5. The Hall–Kier alpha value is -2.78. The number of rotatable bonds is 6. The first-order valence-corrected chi connectivity index (χ1v) is 8.80. The second kappa shape index (κ2) is 8.54. The molecule has 1 amide bonds. The third-order valence-electron chi connectivity index (χ3n) is 4.12. The number of benzene rings is 3. The van der Waals surface area contributed by atoms with E-state index in [0.717, 1.165) is 16.7 Å². The van der Waals surface area contributed by atoms with Crippen molar-refractivity contribution in [1.29, 1.82) is 0 Å². The van der Waals surface area contributed by atoms with Crippen LogP contribution in [0.1, 0.15) is 27.0 Å². The largest absolute Gasteiger partial charge is 0.488 e. The van der Waals surface area contributed by atoms with Crippen molar-refractivity contribution in [1.82, 2.24) is 5.32 Å². The van der Waals surface area contributed by atoms with Gasteiger partial charge in [-0.2, -0.15) is 0 Å². The Balaban J connectivity index is 1.72. The highest BCUT2D eigenvalue weighted by Crippen LogP contribution is 2.24. The van der Waals surface area contributed by atoms with E-state index >= 15 is 0 Å². The molecule has 0 saturated carbocycles. The highest BCUT2D eigenvalue weighted by Gasteiger charge is 2.14. The van der Waals surface area contributed by atoms with Gasteiger partial charge in [-0.1, -0.05) is 66.2 Å². The molecule has 0 radical (unpaired) electrons. The second-order valence-corrected chi connectivity index (χ2v) is 6.46. The van der Waals surface area contributed by atoms with Gasteiger partial charge in [-0.3, -0.25) is 4.79 Å². The Morgan fingerprint density at radius 3 is 2.50 bits per heavy atom. The molecule has 132 valence electrons. The monoisotopic (exact) mass is 365 g/mol. The van der Waals surface area contributed by atoms with Crippen molar-refractivity contribution in [2.24, 2.45) is 0 Å². The number of halogens is 1. The van der Waals surface area contributed by atoms with Crippen LogP contribution in [0, 0.1) is 6.92 Å². The Kier molecular flexibility index (Phi) is 5.92. The fraction of sp³-hybridized carbons (Fsp3) is 0.136. The van der Waals surface area contributed by atoms with Crippen LogP contribution in [0.4, 0.5) is 0 Å². The van der Waals surface area contributed by atoms with Crippen LogP contribution in [0.2, 0.25) is 5.02 Å². The fourth-order valence-electron chi connectivity index (χ4n) is 2.62. The summed E-state index contributed by atoms with van der Waals surface area (Å²) in [6.07, 6.45) is 0. The zero-order valence-corrected chi connectivity index (χ0v) is 15.3. The Morgan fingerprint density at radius 1 is 1.00 bits per heavy atom. The summed E-state index contributed by atoms with van der Waals surface area (Å²) in [5, 5.41) is 3.44. The number of hydrogen-bond acceptors (Lipinski definition) is 2. The molecule has 3 aromatic carbocycles. The molecular formula is C22H20ClNO2. The highest BCUT2D eigenvalue weighted by molar-refractivity contribution is 6.31. The lowest BCUT2D eigenvalue weighted by Gasteiger charge is -2.13. The molecule has 0 saturated heterocycles. The average Bonchev–Trinajstić information content (AvgIpc) is 2.67. The minimum absolute atomic E-state index is 0.209. The smallest absolute Gasteiger partial charge is 0.255 e. The number of aryl methyl sites for hydroxylation is 1. The Morgan fingerprint density at radius 2 is 1.73 bits per heavy atom. The number of carbonyl (C=O) groups excluding carboxylic acids is 1. The minimum Gasteiger partial charge on any atom is -0.488 e. The Labute approximate surface area is 158 Å². The van der Waals surface area contributed by atoms with Crippen LogP contribution in [0.25, 0.3) is 0 Å². The number of ether oxygens (including phenoxy) is 1. The summed E-state index contributed by atoms with van der Waals surface area (Å²) in [5.41, 5.74) is 3.69. The molecule has 0 aromatic heterocycles. The molecule has 26 heavy (non-hydrogen) atoms. The minimum atomic E-state index is -0.209. The van der Waals surface area contributed by atoms with Gasteiger partial charge in [0.2, 0.25) is 0 Å². The van der Waals surface area contributed by atoms with Crippen LogP contribution in [0.5, 0.6) is 5.75 Å². The van der Waals surface area contributed by atoms with E-state index in [-0.39, 0.29) is 5.91 Å². The molecule has 0 unspecified atom stereocenters. The van der Waals surface area contributed by atoms with Gasteiger partial charge in [0, 0.05) is 11.6 Å². The first-order chi connectivity index (χ1) is 12.6. The van der Waals surface area contributed by atoms with E-state index < -0.39 is 0 Å². The maximum absolute atomic E-state index is 12.7. The lowest BCUT2D eigenvalue weighted by atomic mass is 10.1. The summed E-state index contributed by atoms with van der Waals surface area (Å²) in [7, 11) is 0. The number of amides is 1. The lowest BCUT2D eigenvalue weighted by Crippen LogP contribution is -2.24. The molecule has 0 bridgehead atoms. The molecule has 4 heteroatoms. The predicted octanol–water partition coefficient (Wildman–Crippen LogP) is 5.16.